The number of carbonyl (C=O) groups is 2. The SMILES string of the molecule is CCCCC(=O)N1CCN(CC)C1=O. The average molecular weight is 198 g/mol. The Hall–Kier alpha value is -1.06. The van der Waals surface area contributed by atoms with Gasteiger partial charge in [0.1, 0.15) is 0 Å². The minimum atomic E-state index is -0.117. The summed E-state index contributed by atoms with van der Waals surface area (Å²) in [6, 6.07) is -0.117. The lowest BCUT2D eigenvalue weighted by Gasteiger charge is -2.15. The molecule has 4 heteroatoms. The number of carbonyl (C=O) groups excluding carboxylic acids is 2. The maximum atomic E-state index is 11.6. The van der Waals surface area contributed by atoms with E-state index in [0.717, 1.165) is 12.8 Å². The van der Waals surface area contributed by atoms with E-state index in [1.165, 1.54) is 4.90 Å². The molecule has 0 spiro atoms. The molecule has 14 heavy (non-hydrogen) atoms. The lowest BCUT2D eigenvalue weighted by molar-refractivity contribution is -0.127. The molecule has 1 saturated heterocycles. The lowest BCUT2D eigenvalue weighted by atomic mass is 10.2. The largest absolute Gasteiger partial charge is 0.326 e. The van der Waals surface area contributed by atoms with Crippen molar-refractivity contribution in [2.75, 3.05) is 19.6 Å². The first-order valence-corrected chi connectivity index (χ1v) is 5.30. The minimum absolute atomic E-state index is 0.0206. The summed E-state index contributed by atoms with van der Waals surface area (Å²) in [6.07, 6.45) is 2.36. The third-order valence-corrected chi connectivity index (χ3v) is 2.52. The van der Waals surface area contributed by atoms with Crippen molar-refractivity contribution in [1.29, 1.82) is 0 Å². The minimum Gasteiger partial charge on any atom is -0.323 e. The number of urea groups is 1. The van der Waals surface area contributed by atoms with Crippen LogP contribution in [-0.2, 0) is 4.79 Å². The van der Waals surface area contributed by atoms with E-state index in [1.807, 2.05) is 13.8 Å². The zero-order valence-electron chi connectivity index (χ0n) is 8.95. The summed E-state index contributed by atoms with van der Waals surface area (Å²) in [5, 5.41) is 0. The number of imide groups is 1. The van der Waals surface area contributed by atoms with Crippen LogP contribution in [0.2, 0.25) is 0 Å². The van der Waals surface area contributed by atoms with Crippen LogP contribution >= 0.6 is 0 Å². The molecule has 0 aromatic heterocycles. The second-order valence-electron chi connectivity index (χ2n) is 3.51. The first-order valence-electron chi connectivity index (χ1n) is 5.30. The number of hydrogen-bond acceptors (Lipinski definition) is 2. The molecule has 1 aliphatic rings. The Morgan fingerprint density at radius 2 is 2.07 bits per heavy atom. The Kier molecular flexibility index (Phi) is 3.92. The zero-order chi connectivity index (χ0) is 10.6. The molecule has 3 amide bonds. The number of unbranched alkanes of at least 4 members (excludes halogenated alkanes) is 1. The van der Waals surface area contributed by atoms with E-state index in [4.69, 9.17) is 0 Å². The summed E-state index contributed by atoms with van der Waals surface area (Å²) in [5.41, 5.74) is 0. The van der Waals surface area contributed by atoms with E-state index in [9.17, 15) is 9.59 Å². The van der Waals surface area contributed by atoms with Gasteiger partial charge in [0.2, 0.25) is 5.91 Å². The van der Waals surface area contributed by atoms with Crippen molar-refractivity contribution in [3.63, 3.8) is 0 Å². The Morgan fingerprint density at radius 1 is 1.36 bits per heavy atom. The summed E-state index contributed by atoms with van der Waals surface area (Å²) in [7, 11) is 0. The molecule has 0 saturated carbocycles. The van der Waals surface area contributed by atoms with E-state index in [2.05, 4.69) is 0 Å². The lowest BCUT2D eigenvalue weighted by Crippen LogP contribution is -2.36. The highest BCUT2D eigenvalue weighted by molar-refractivity contribution is 5.95. The molecule has 1 rings (SSSR count). The molecule has 0 N–H and O–H groups in total. The van der Waals surface area contributed by atoms with Gasteiger partial charge in [0.05, 0.1) is 0 Å². The van der Waals surface area contributed by atoms with Crippen molar-refractivity contribution in [1.82, 2.24) is 9.80 Å². The van der Waals surface area contributed by atoms with E-state index in [0.29, 0.717) is 26.1 Å². The van der Waals surface area contributed by atoms with Gasteiger partial charge in [-0.15, -0.1) is 0 Å². The smallest absolute Gasteiger partial charge is 0.323 e. The molecule has 0 atom stereocenters. The third kappa shape index (κ3) is 2.25. The normalized spacial score (nSPS) is 16.6. The number of amides is 3. The third-order valence-electron chi connectivity index (χ3n) is 2.52. The molecule has 1 fully saturated rings. The highest BCUT2D eigenvalue weighted by Crippen LogP contribution is 2.10. The van der Waals surface area contributed by atoms with E-state index >= 15 is 0 Å². The van der Waals surface area contributed by atoms with Gasteiger partial charge in [-0.3, -0.25) is 9.69 Å². The van der Waals surface area contributed by atoms with Crippen LogP contribution in [-0.4, -0.2) is 41.4 Å². The summed E-state index contributed by atoms with van der Waals surface area (Å²) >= 11 is 0. The van der Waals surface area contributed by atoms with Crippen LogP contribution in [0.3, 0.4) is 0 Å². The molecule has 0 unspecified atom stereocenters. The monoisotopic (exact) mass is 198 g/mol. The van der Waals surface area contributed by atoms with Crippen LogP contribution < -0.4 is 0 Å². The Balaban J connectivity index is 2.46. The van der Waals surface area contributed by atoms with Crippen LogP contribution in [0.25, 0.3) is 0 Å². The maximum absolute atomic E-state index is 11.6. The summed E-state index contributed by atoms with van der Waals surface area (Å²) in [4.78, 5) is 26.2. The molecule has 0 aliphatic carbocycles. The Bertz CT molecular complexity index is 228. The van der Waals surface area contributed by atoms with Crippen LogP contribution in [0.15, 0.2) is 0 Å². The molecule has 0 radical (unpaired) electrons. The second kappa shape index (κ2) is 4.98. The number of likely N-dealkylation sites (N-methyl/N-ethyl adjacent to an activating group) is 1. The standard InChI is InChI=1S/C10H18N2O2/c1-3-5-6-9(13)12-8-7-11(4-2)10(12)14/h3-8H2,1-2H3. The molecule has 0 aromatic rings. The molecule has 80 valence electrons. The van der Waals surface area contributed by atoms with Gasteiger partial charge in [0, 0.05) is 26.1 Å². The van der Waals surface area contributed by atoms with Gasteiger partial charge in [-0.2, -0.15) is 0 Å². The molecular weight excluding hydrogens is 180 g/mol. The predicted molar refractivity (Wildman–Crippen MR) is 53.9 cm³/mol. The van der Waals surface area contributed by atoms with Gasteiger partial charge in [0.25, 0.3) is 0 Å². The number of nitrogens with zero attached hydrogens (tertiary/aromatic N) is 2. The first kappa shape index (κ1) is 11.0. The molecule has 0 aromatic carbocycles. The Morgan fingerprint density at radius 3 is 2.57 bits per heavy atom. The topological polar surface area (TPSA) is 40.6 Å². The van der Waals surface area contributed by atoms with Crippen molar-refractivity contribution in [2.24, 2.45) is 0 Å². The van der Waals surface area contributed by atoms with E-state index < -0.39 is 0 Å². The molecule has 0 bridgehead atoms. The highest BCUT2D eigenvalue weighted by Gasteiger charge is 2.31. The summed E-state index contributed by atoms with van der Waals surface area (Å²) in [5.74, 6) is -0.0206. The second-order valence-corrected chi connectivity index (χ2v) is 3.51. The highest BCUT2D eigenvalue weighted by atomic mass is 16.2. The fourth-order valence-corrected chi connectivity index (χ4v) is 1.57. The van der Waals surface area contributed by atoms with Gasteiger partial charge in [0.15, 0.2) is 0 Å². The quantitative estimate of drug-likeness (QED) is 0.686. The van der Waals surface area contributed by atoms with Crippen molar-refractivity contribution < 1.29 is 9.59 Å². The number of rotatable bonds is 4. The summed E-state index contributed by atoms with van der Waals surface area (Å²) in [6.45, 7) is 5.91. The van der Waals surface area contributed by atoms with Crippen LogP contribution in [0.5, 0.6) is 0 Å². The number of hydrogen-bond donors (Lipinski definition) is 0. The molecule has 1 aliphatic heterocycles. The van der Waals surface area contributed by atoms with Gasteiger partial charge < -0.3 is 4.90 Å². The van der Waals surface area contributed by atoms with Gasteiger partial charge in [-0.25, -0.2) is 4.79 Å². The average Bonchev–Trinajstić information content (AvgIpc) is 2.56. The Labute approximate surface area is 84.9 Å². The fourth-order valence-electron chi connectivity index (χ4n) is 1.57. The maximum Gasteiger partial charge on any atom is 0.326 e. The van der Waals surface area contributed by atoms with Crippen LogP contribution in [0.1, 0.15) is 33.1 Å². The zero-order valence-corrected chi connectivity index (χ0v) is 8.95. The van der Waals surface area contributed by atoms with Gasteiger partial charge in [-0.05, 0) is 13.3 Å². The van der Waals surface area contributed by atoms with Crippen LogP contribution in [0.4, 0.5) is 4.79 Å². The fraction of sp³-hybridized carbons (Fsp3) is 0.800. The van der Waals surface area contributed by atoms with E-state index in [1.54, 1.807) is 4.90 Å². The molecular formula is C10H18N2O2. The van der Waals surface area contributed by atoms with Crippen molar-refractivity contribution in [2.45, 2.75) is 33.1 Å². The van der Waals surface area contributed by atoms with Crippen LogP contribution in [0, 0.1) is 0 Å². The van der Waals surface area contributed by atoms with Crippen molar-refractivity contribution in [3.8, 4) is 0 Å². The van der Waals surface area contributed by atoms with Crippen molar-refractivity contribution >= 4 is 11.9 Å². The van der Waals surface area contributed by atoms with E-state index in [-0.39, 0.29) is 11.9 Å². The van der Waals surface area contributed by atoms with Gasteiger partial charge in [-0.1, -0.05) is 13.3 Å². The summed E-state index contributed by atoms with van der Waals surface area (Å²) < 4.78 is 0. The molecule has 1 heterocycles. The predicted octanol–water partition coefficient (Wildman–Crippen LogP) is 1.46. The van der Waals surface area contributed by atoms with Gasteiger partial charge >= 0.3 is 6.03 Å². The van der Waals surface area contributed by atoms with Crippen molar-refractivity contribution in [3.05, 3.63) is 0 Å². The molecule has 4 nitrogen and oxygen atoms in total. The first-order chi connectivity index (χ1) is 6.70.